The molecule has 1 aromatic rings. The zero-order valence-electron chi connectivity index (χ0n) is 7.96. The van der Waals surface area contributed by atoms with E-state index >= 15 is 0 Å². The van der Waals surface area contributed by atoms with E-state index in [2.05, 4.69) is 24.1 Å². The summed E-state index contributed by atoms with van der Waals surface area (Å²) in [6.45, 7) is 4.25. The van der Waals surface area contributed by atoms with Gasteiger partial charge in [-0.3, -0.25) is 10.3 Å². The van der Waals surface area contributed by atoms with Gasteiger partial charge in [-0.1, -0.05) is 13.8 Å². The van der Waals surface area contributed by atoms with Crippen molar-refractivity contribution in [3.05, 3.63) is 23.5 Å². The van der Waals surface area contributed by atoms with E-state index in [4.69, 9.17) is 0 Å². The summed E-state index contributed by atoms with van der Waals surface area (Å²) in [7, 11) is 1.83. The van der Waals surface area contributed by atoms with Gasteiger partial charge in [-0.05, 0) is 24.5 Å². The van der Waals surface area contributed by atoms with Gasteiger partial charge in [-0.25, -0.2) is 0 Å². The minimum Gasteiger partial charge on any atom is -0.286 e. The average molecular weight is 163 g/mol. The molecule has 0 aliphatic rings. The fourth-order valence-electron chi connectivity index (χ4n) is 1.36. The topological polar surface area (TPSA) is 27.0 Å². The molecule has 1 aromatic heterocycles. The van der Waals surface area contributed by atoms with Gasteiger partial charge in [-0.15, -0.1) is 0 Å². The zero-order valence-corrected chi connectivity index (χ0v) is 7.96. The fourth-order valence-corrected chi connectivity index (χ4v) is 1.36. The van der Waals surface area contributed by atoms with Gasteiger partial charge in [-0.2, -0.15) is 0 Å². The first-order chi connectivity index (χ1) is 5.83. The number of hydrogen-bond acceptors (Lipinski definition) is 1. The van der Waals surface area contributed by atoms with E-state index in [1.165, 1.54) is 5.56 Å². The summed E-state index contributed by atoms with van der Waals surface area (Å²) in [5.41, 5.74) is 3.49. The molecule has 0 fully saturated rings. The molecule has 65 valence electrons. The Hall–Kier alpha value is -1.05. The predicted molar refractivity (Wildman–Crippen MR) is 50.7 cm³/mol. The number of pyridine rings is 1. The van der Waals surface area contributed by atoms with Crippen LogP contribution in [0.25, 0.3) is 0 Å². The molecule has 0 aliphatic heterocycles. The number of rotatable bonds is 3. The van der Waals surface area contributed by atoms with Gasteiger partial charge in [0.2, 0.25) is 0 Å². The number of nitrogens with zero attached hydrogens (tertiary/aromatic N) is 2. The molecule has 12 heavy (non-hydrogen) atoms. The molecule has 1 rings (SSSR count). The summed E-state index contributed by atoms with van der Waals surface area (Å²) in [5.74, 6) is 0. The van der Waals surface area contributed by atoms with E-state index in [1.807, 2.05) is 19.3 Å². The second kappa shape index (κ2) is 4.10. The minimum absolute atomic E-state index is 0.959. The third-order valence-electron chi connectivity index (χ3n) is 2.02. The summed E-state index contributed by atoms with van der Waals surface area (Å²) in [4.78, 5) is 4.28. The SMILES string of the molecule is CCc1ccnc(CC)c1[N]C. The zero-order chi connectivity index (χ0) is 8.97. The van der Waals surface area contributed by atoms with E-state index in [9.17, 15) is 0 Å². The standard InChI is InChI=1S/C10H15N2/c1-4-8-6-7-12-9(5-2)10(8)11-3/h6-7H,4-5H2,1-3H3. The van der Waals surface area contributed by atoms with Crippen LogP contribution in [0.4, 0.5) is 5.69 Å². The third-order valence-corrected chi connectivity index (χ3v) is 2.02. The normalized spacial score (nSPS) is 9.92. The quantitative estimate of drug-likeness (QED) is 0.670. The smallest absolute Gasteiger partial charge is 0.0817 e. The Labute approximate surface area is 74.0 Å². The van der Waals surface area contributed by atoms with Gasteiger partial charge in [0, 0.05) is 13.2 Å². The summed E-state index contributed by atoms with van der Waals surface area (Å²) in [6, 6.07) is 2.04. The summed E-state index contributed by atoms with van der Waals surface area (Å²) < 4.78 is 0. The van der Waals surface area contributed by atoms with Gasteiger partial charge in [0.25, 0.3) is 0 Å². The molecular weight excluding hydrogens is 148 g/mol. The van der Waals surface area contributed by atoms with Crippen LogP contribution < -0.4 is 5.32 Å². The Morgan fingerprint density at radius 2 is 2.08 bits per heavy atom. The lowest BCUT2D eigenvalue weighted by Gasteiger charge is -2.08. The molecule has 0 amide bonds. The van der Waals surface area contributed by atoms with E-state index in [-0.39, 0.29) is 0 Å². The predicted octanol–water partition coefficient (Wildman–Crippen LogP) is 2.07. The molecule has 0 unspecified atom stereocenters. The van der Waals surface area contributed by atoms with E-state index in [0.29, 0.717) is 0 Å². The molecule has 0 aliphatic carbocycles. The molecule has 0 atom stereocenters. The highest BCUT2D eigenvalue weighted by atomic mass is 14.9. The van der Waals surface area contributed by atoms with Crippen LogP contribution in [-0.2, 0) is 12.8 Å². The lowest BCUT2D eigenvalue weighted by atomic mass is 10.1. The second-order valence-corrected chi connectivity index (χ2v) is 2.70. The number of hydrogen-bond donors (Lipinski definition) is 0. The Bertz CT molecular complexity index is 234. The lowest BCUT2D eigenvalue weighted by Crippen LogP contribution is -2.00. The van der Waals surface area contributed by atoms with E-state index in [1.54, 1.807) is 0 Å². The van der Waals surface area contributed by atoms with Crippen LogP contribution in [0.1, 0.15) is 25.1 Å². The molecule has 0 bridgehead atoms. The van der Waals surface area contributed by atoms with Crippen LogP contribution in [0.15, 0.2) is 12.3 Å². The van der Waals surface area contributed by atoms with Crippen LogP contribution in [0, 0.1) is 0 Å². The van der Waals surface area contributed by atoms with Gasteiger partial charge in [0.05, 0.1) is 11.4 Å². The van der Waals surface area contributed by atoms with Gasteiger partial charge >= 0.3 is 0 Å². The molecule has 0 saturated carbocycles. The van der Waals surface area contributed by atoms with Crippen molar-refractivity contribution < 1.29 is 0 Å². The molecule has 2 heteroatoms. The number of aryl methyl sites for hydroxylation is 2. The van der Waals surface area contributed by atoms with Crippen molar-refractivity contribution in [3.63, 3.8) is 0 Å². The third kappa shape index (κ3) is 1.58. The van der Waals surface area contributed by atoms with Crippen LogP contribution in [0.3, 0.4) is 0 Å². The van der Waals surface area contributed by atoms with Crippen molar-refractivity contribution in [2.45, 2.75) is 26.7 Å². The molecular formula is C10H15N2. The largest absolute Gasteiger partial charge is 0.286 e. The molecule has 1 heterocycles. The Balaban J connectivity index is 3.13. The maximum atomic E-state index is 4.28. The molecule has 0 spiro atoms. The van der Waals surface area contributed by atoms with Gasteiger partial charge in [0.1, 0.15) is 0 Å². The highest BCUT2D eigenvalue weighted by Crippen LogP contribution is 2.19. The van der Waals surface area contributed by atoms with Gasteiger partial charge in [0.15, 0.2) is 0 Å². The van der Waals surface area contributed by atoms with Crippen molar-refractivity contribution in [3.8, 4) is 0 Å². The highest BCUT2D eigenvalue weighted by Gasteiger charge is 2.05. The molecule has 0 aromatic carbocycles. The fraction of sp³-hybridized carbons (Fsp3) is 0.500. The van der Waals surface area contributed by atoms with E-state index in [0.717, 1.165) is 24.2 Å². The molecule has 0 N–H and O–H groups in total. The lowest BCUT2D eigenvalue weighted by molar-refractivity contribution is 0.938. The van der Waals surface area contributed by atoms with Crippen LogP contribution in [0.5, 0.6) is 0 Å². The van der Waals surface area contributed by atoms with Crippen molar-refractivity contribution >= 4 is 5.69 Å². The average Bonchev–Trinajstić information content (AvgIpc) is 2.16. The van der Waals surface area contributed by atoms with Crippen molar-refractivity contribution in [1.82, 2.24) is 10.3 Å². The highest BCUT2D eigenvalue weighted by molar-refractivity contribution is 5.48. The van der Waals surface area contributed by atoms with Crippen LogP contribution >= 0.6 is 0 Å². The molecule has 2 nitrogen and oxygen atoms in total. The second-order valence-electron chi connectivity index (χ2n) is 2.70. The maximum Gasteiger partial charge on any atom is 0.0817 e. The summed E-state index contributed by atoms with van der Waals surface area (Å²) in [5, 5.41) is 4.25. The maximum absolute atomic E-state index is 4.28. The van der Waals surface area contributed by atoms with Crippen LogP contribution in [0.2, 0.25) is 0 Å². The first kappa shape index (κ1) is 9.04. The van der Waals surface area contributed by atoms with Crippen LogP contribution in [-0.4, -0.2) is 12.0 Å². The summed E-state index contributed by atoms with van der Waals surface area (Å²) in [6.07, 6.45) is 3.86. The molecule has 1 radical (unpaired) electrons. The summed E-state index contributed by atoms with van der Waals surface area (Å²) >= 11 is 0. The Kier molecular flexibility index (Phi) is 3.09. The van der Waals surface area contributed by atoms with Crippen molar-refractivity contribution in [2.75, 3.05) is 7.05 Å². The Morgan fingerprint density at radius 3 is 2.58 bits per heavy atom. The monoisotopic (exact) mass is 163 g/mol. The minimum atomic E-state index is 0.959. The molecule has 0 saturated heterocycles. The van der Waals surface area contributed by atoms with Crippen molar-refractivity contribution in [1.29, 1.82) is 0 Å². The first-order valence-electron chi connectivity index (χ1n) is 4.40. The first-order valence-corrected chi connectivity index (χ1v) is 4.40. The van der Waals surface area contributed by atoms with Crippen molar-refractivity contribution in [2.24, 2.45) is 0 Å². The number of aromatic nitrogens is 1. The van der Waals surface area contributed by atoms with E-state index < -0.39 is 0 Å². The van der Waals surface area contributed by atoms with Gasteiger partial charge < -0.3 is 0 Å². The Morgan fingerprint density at radius 1 is 1.33 bits per heavy atom.